The van der Waals surface area contributed by atoms with Crippen LogP contribution in [0.5, 0.6) is 0 Å². The highest BCUT2D eigenvalue weighted by Gasteiger charge is 2.06. The molecule has 0 atom stereocenters. The molecule has 0 saturated heterocycles. The SMILES string of the molecule is Cc1cc(Cc2ccccc2)nc(Nc2ccc(-c3cnc(C)o3)cc2)n1. The lowest BCUT2D eigenvalue weighted by molar-refractivity contribution is 0.534. The van der Waals surface area contributed by atoms with Crippen molar-refractivity contribution in [3.63, 3.8) is 0 Å². The van der Waals surface area contributed by atoms with Crippen molar-refractivity contribution in [1.82, 2.24) is 15.0 Å². The largest absolute Gasteiger partial charge is 0.441 e. The molecule has 0 unspecified atom stereocenters. The number of hydrogen-bond donors (Lipinski definition) is 1. The standard InChI is InChI=1S/C22H20N4O/c1-15-12-20(13-17-6-4-3-5-7-17)26-22(24-15)25-19-10-8-18(9-11-19)21-14-23-16(2)27-21/h3-12,14H,13H2,1-2H3,(H,24,25,26). The smallest absolute Gasteiger partial charge is 0.227 e. The second-order valence-electron chi connectivity index (χ2n) is 6.43. The van der Waals surface area contributed by atoms with Gasteiger partial charge >= 0.3 is 0 Å². The van der Waals surface area contributed by atoms with Gasteiger partial charge in [0, 0.05) is 30.3 Å². The van der Waals surface area contributed by atoms with E-state index in [4.69, 9.17) is 4.42 Å². The zero-order valence-electron chi connectivity index (χ0n) is 15.3. The number of oxazole rings is 1. The third-order valence-corrected chi connectivity index (χ3v) is 4.18. The Bertz CT molecular complexity index is 1040. The molecule has 0 aliphatic carbocycles. The predicted molar refractivity (Wildman–Crippen MR) is 106 cm³/mol. The van der Waals surface area contributed by atoms with E-state index in [1.165, 1.54) is 5.56 Å². The van der Waals surface area contributed by atoms with Crippen molar-refractivity contribution in [3.05, 3.63) is 89.7 Å². The number of benzene rings is 2. The van der Waals surface area contributed by atoms with Crippen molar-refractivity contribution in [2.75, 3.05) is 5.32 Å². The van der Waals surface area contributed by atoms with E-state index in [0.717, 1.165) is 34.8 Å². The molecule has 4 aromatic rings. The summed E-state index contributed by atoms with van der Waals surface area (Å²) in [6.07, 6.45) is 2.51. The topological polar surface area (TPSA) is 63.8 Å². The van der Waals surface area contributed by atoms with Gasteiger partial charge in [-0.1, -0.05) is 30.3 Å². The molecule has 0 saturated carbocycles. The summed E-state index contributed by atoms with van der Waals surface area (Å²) in [6.45, 7) is 3.82. The molecular formula is C22H20N4O. The number of nitrogens with one attached hydrogen (secondary N) is 1. The van der Waals surface area contributed by atoms with Crippen LogP contribution in [0, 0.1) is 13.8 Å². The predicted octanol–water partition coefficient (Wildman–Crippen LogP) is 5.08. The van der Waals surface area contributed by atoms with Gasteiger partial charge in [0.1, 0.15) is 0 Å². The Morgan fingerprint density at radius 3 is 2.41 bits per heavy atom. The van der Waals surface area contributed by atoms with Crippen molar-refractivity contribution in [3.8, 4) is 11.3 Å². The third kappa shape index (κ3) is 4.20. The third-order valence-electron chi connectivity index (χ3n) is 4.18. The first-order chi connectivity index (χ1) is 13.2. The van der Waals surface area contributed by atoms with E-state index in [1.54, 1.807) is 6.20 Å². The molecule has 0 bridgehead atoms. The molecule has 0 radical (unpaired) electrons. The fraction of sp³-hybridized carbons (Fsp3) is 0.136. The summed E-state index contributed by atoms with van der Waals surface area (Å²) in [5.74, 6) is 2.02. The molecule has 0 aliphatic rings. The highest BCUT2D eigenvalue weighted by atomic mass is 16.4. The number of nitrogens with zero attached hydrogens (tertiary/aromatic N) is 3. The molecule has 4 rings (SSSR count). The van der Waals surface area contributed by atoms with Crippen molar-refractivity contribution in [1.29, 1.82) is 0 Å². The van der Waals surface area contributed by atoms with Crippen molar-refractivity contribution < 1.29 is 4.42 Å². The fourth-order valence-electron chi connectivity index (χ4n) is 2.93. The summed E-state index contributed by atoms with van der Waals surface area (Å²) < 4.78 is 5.56. The molecule has 27 heavy (non-hydrogen) atoms. The van der Waals surface area contributed by atoms with E-state index in [-0.39, 0.29) is 0 Å². The van der Waals surface area contributed by atoms with Crippen LogP contribution in [0.2, 0.25) is 0 Å². The van der Waals surface area contributed by atoms with Crippen LogP contribution >= 0.6 is 0 Å². The van der Waals surface area contributed by atoms with Gasteiger partial charge in [0.15, 0.2) is 11.7 Å². The van der Waals surface area contributed by atoms with E-state index in [0.29, 0.717) is 11.8 Å². The van der Waals surface area contributed by atoms with Crippen LogP contribution in [0.4, 0.5) is 11.6 Å². The second kappa shape index (κ2) is 7.41. The summed E-state index contributed by atoms with van der Waals surface area (Å²) in [6, 6.07) is 20.3. The minimum absolute atomic E-state index is 0.601. The Morgan fingerprint density at radius 2 is 1.70 bits per heavy atom. The molecule has 0 aliphatic heterocycles. The Hall–Kier alpha value is -3.47. The number of aromatic nitrogens is 3. The van der Waals surface area contributed by atoms with E-state index >= 15 is 0 Å². The monoisotopic (exact) mass is 356 g/mol. The zero-order valence-corrected chi connectivity index (χ0v) is 15.3. The van der Waals surface area contributed by atoms with Gasteiger partial charge in [-0.15, -0.1) is 0 Å². The minimum atomic E-state index is 0.601. The lowest BCUT2D eigenvalue weighted by Gasteiger charge is -2.09. The number of hydrogen-bond acceptors (Lipinski definition) is 5. The van der Waals surface area contributed by atoms with Gasteiger partial charge in [-0.05, 0) is 42.8 Å². The first kappa shape index (κ1) is 17.0. The Labute approximate surface area is 158 Å². The van der Waals surface area contributed by atoms with Crippen molar-refractivity contribution in [2.45, 2.75) is 20.3 Å². The van der Waals surface area contributed by atoms with E-state index < -0.39 is 0 Å². The molecule has 2 heterocycles. The van der Waals surface area contributed by atoms with E-state index in [2.05, 4.69) is 32.4 Å². The average molecular weight is 356 g/mol. The molecular weight excluding hydrogens is 336 g/mol. The van der Waals surface area contributed by atoms with Gasteiger partial charge in [0.2, 0.25) is 5.95 Å². The Morgan fingerprint density at radius 1 is 0.926 bits per heavy atom. The minimum Gasteiger partial charge on any atom is -0.441 e. The number of anilines is 2. The van der Waals surface area contributed by atoms with E-state index in [9.17, 15) is 0 Å². The van der Waals surface area contributed by atoms with Gasteiger partial charge < -0.3 is 9.73 Å². The molecule has 5 heteroatoms. The van der Waals surface area contributed by atoms with E-state index in [1.807, 2.05) is 62.4 Å². The molecule has 2 aromatic heterocycles. The second-order valence-corrected chi connectivity index (χ2v) is 6.43. The highest BCUT2D eigenvalue weighted by molar-refractivity contribution is 5.63. The molecule has 0 spiro atoms. The number of rotatable bonds is 5. The molecule has 134 valence electrons. The molecule has 0 amide bonds. The number of aryl methyl sites for hydroxylation is 2. The first-order valence-corrected chi connectivity index (χ1v) is 8.84. The van der Waals surface area contributed by atoms with Gasteiger partial charge in [-0.25, -0.2) is 15.0 Å². The maximum Gasteiger partial charge on any atom is 0.227 e. The molecule has 2 aromatic carbocycles. The molecule has 0 fully saturated rings. The highest BCUT2D eigenvalue weighted by Crippen LogP contribution is 2.23. The van der Waals surface area contributed by atoms with Gasteiger partial charge in [0.05, 0.1) is 11.9 Å². The van der Waals surface area contributed by atoms with Crippen LogP contribution in [-0.2, 0) is 6.42 Å². The average Bonchev–Trinajstić information content (AvgIpc) is 3.09. The van der Waals surface area contributed by atoms with Crippen LogP contribution < -0.4 is 5.32 Å². The normalized spacial score (nSPS) is 10.7. The Balaban J connectivity index is 1.52. The summed E-state index contributed by atoms with van der Waals surface area (Å²) in [5, 5.41) is 3.29. The summed E-state index contributed by atoms with van der Waals surface area (Å²) in [7, 11) is 0. The van der Waals surface area contributed by atoms with Crippen LogP contribution in [0.25, 0.3) is 11.3 Å². The van der Waals surface area contributed by atoms with Crippen LogP contribution in [0.1, 0.15) is 22.8 Å². The van der Waals surface area contributed by atoms with Crippen molar-refractivity contribution >= 4 is 11.6 Å². The summed E-state index contributed by atoms with van der Waals surface area (Å²) in [5.41, 5.74) is 5.06. The van der Waals surface area contributed by atoms with Crippen LogP contribution in [-0.4, -0.2) is 15.0 Å². The fourth-order valence-corrected chi connectivity index (χ4v) is 2.93. The molecule has 5 nitrogen and oxygen atoms in total. The quantitative estimate of drug-likeness (QED) is 0.540. The van der Waals surface area contributed by atoms with Crippen LogP contribution in [0.3, 0.4) is 0 Å². The first-order valence-electron chi connectivity index (χ1n) is 8.84. The van der Waals surface area contributed by atoms with Crippen molar-refractivity contribution in [2.24, 2.45) is 0 Å². The zero-order chi connectivity index (χ0) is 18.6. The van der Waals surface area contributed by atoms with Crippen LogP contribution in [0.15, 0.2) is 71.3 Å². The Kier molecular flexibility index (Phi) is 4.66. The molecule has 1 N–H and O–H groups in total. The lowest BCUT2D eigenvalue weighted by Crippen LogP contribution is -2.02. The maximum atomic E-state index is 5.56. The summed E-state index contributed by atoms with van der Waals surface area (Å²) >= 11 is 0. The van der Waals surface area contributed by atoms with Gasteiger partial charge in [0.25, 0.3) is 0 Å². The lowest BCUT2D eigenvalue weighted by atomic mass is 10.1. The van der Waals surface area contributed by atoms with Gasteiger partial charge in [-0.3, -0.25) is 0 Å². The maximum absolute atomic E-state index is 5.56. The van der Waals surface area contributed by atoms with Gasteiger partial charge in [-0.2, -0.15) is 0 Å². The summed E-state index contributed by atoms with van der Waals surface area (Å²) in [4.78, 5) is 13.3.